The second-order valence-corrected chi connectivity index (χ2v) is 5.30. The molecule has 21 heavy (non-hydrogen) atoms. The van der Waals surface area contributed by atoms with Crippen molar-refractivity contribution in [3.63, 3.8) is 0 Å². The normalized spacial score (nSPS) is 15.8. The second-order valence-electron chi connectivity index (χ2n) is 5.30. The van der Waals surface area contributed by atoms with Crippen molar-refractivity contribution in [3.05, 3.63) is 30.3 Å². The van der Waals surface area contributed by atoms with Crippen LogP contribution in [0.1, 0.15) is 13.3 Å². The van der Waals surface area contributed by atoms with Crippen LogP contribution in [0, 0.1) is 0 Å². The molecule has 0 atom stereocenters. The number of benzene rings is 1. The molecule has 1 aromatic carbocycles. The summed E-state index contributed by atoms with van der Waals surface area (Å²) < 4.78 is 0. The molecule has 116 valence electrons. The van der Waals surface area contributed by atoms with Gasteiger partial charge in [-0.25, -0.2) is 4.79 Å². The van der Waals surface area contributed by atoms with Gasteiger partial charge >= 0.3 is 6.03 Å². The molecule has 1 aliphatic rings. The molecule has 2 amide bonds. The molecule has 0 radical (unpaired) electrons. The summed E-state index contributed by atoms with van der Waals surface area (Å²) in [5.74, 6) is 0. The molecule has 0 saturated carbocycles. The van der Waals surface area contributed by atoms with Crippen molar-refractivity contribution >= 4 is 11.7 Å². The van der Waals surface area contributed by atoms with Crippen molar-refractivity contribution in [2.45, 2.75) is 13.3 Å². The molecule has 0 aliphatic carbocycles. The largest absolute Gasteiger partial charge is 0.369 e. The van der Waals surface area contributed by atoms with Crippen molar-refractivity contribution in [2.24, 2.45) is 0 Å². The lowest BCUT2D eigenvalue weighted by molar-refractivity contribution is 0.236. The maximum Gasteiger partial charge on any atom is 0.314 e. The molecule has 1 heterocycles. The number of carbonyl (C=O) groups excluding carboxylic acids is 1. The number of para-hydroxylation sites is 1. The van der Waals surface area contributed by atoms with Gasteiger partial charge in [0.25, 0.3) is 0 Å². The van der Waals surface area contributed by atoms with Crippen LogP contribution in [-0.2, 0) is 0 Å². The molecule has 0 bridgehead atoms. The van der Waals surface area contributed by atoms with Gasteiger partial charge in [-0.1, -0.05) is 18.2 Å². The SMILES string of the molecule is CCNC(=O)NCCCN1CCN(c2ccccc2)CC1. The lowest BCUT2D eigenvalue weighted by atomic mass is 10.2. The molecule has 1 fully saturated rings. The van der Waals surface area contributed by atoms with Crippen LogP contribution < -0.4 is 15.5 Å². The summed E-state index contributed by atoms with van der Waals surface area (Å²) in [6.07, 6.45) is 1.00. The molecule has 5 nitrogen and oxygen atoms in total. The Kier molecular flexibility index (Phi) is 6.34. The molecule has 2 rings (SSSR count). The predicted molar refractivity (Wildman–Crippen MR) is 86.8 cm³/mol. The van der Waals surface area contributed by atoms with Gasteiger partial charge in [-0.3, -0.25) is 4.90 Å². The van der Waals surface area contributed by atoms with Crippen molar-refractivity contribution in [1.29, 1.82) is 0 Å². The number of carbonyl (C=O) groups is 1. The highest BCUT2D eigenvalue weighted by Crippen LogP contribution is 2.15. The Bertz CT molecular complexity index is 416. The van der Waals surface area contributed by atoms with E-state index in [2.05, 4.69) is 50.8 Å². The molecule has 1 aromatic rings. The summed E-state index contributed by atoms with van der Waals surface area (Å²) >= 11 is 0. The first kappa shape index (κ1) is 15.6. The number of rotatable bonds is 6. The van der Waals surface area contributed by atoms with Crippen LogP contribution in [0.5, 0.6) is 0 Å². The van der Waals surface area contributed by atoms with E-state index in [1.807, 2.05) is 6.92 Å². The number of anilines is 1. The maximum atomic E-state index is 11.3. The van der Waals surface area contributed by atoms with E-state index < -0.39 is 0 Å². The van der Waals surface area contributed by atoms with Gasteiger partial charge in [0.2, 0.25) is 0 Å². The summed E-state index contributed by atoms with van der Waals surface area (Å²) in [7, 11) is 0. The lowest BCUT2D eigenvalue weighted by Gasteiger charge is -2.36. The Hall–Kier alpha value is -1.75. The Morgan fingerprint density at radius 2 is 1.81 bits per heavy atom. The molecular weight excluding hydrogens is 264 g/mol. The van der Waals surface area contributed by atoms with Crippen LogP contribution in [-0.4, -0.2) is 56.7 Å². The van der Waals surface area contributed by atoms with E-state index in [1.165, 1.54) is 5.69 Å². The van der Waals surface area contributed by atoms with Gasteiger partial charge in [0.15, 0.2) is 0 Å². The topological polar surface area (TPSA) is 47.6 Å². The van der Waals surface area contributed by atoms with Gasteiger partial charge in [0.1, 0.15) is 0 Å². The highest BCUT2D eigenvalue weighted by atomic mass is 16.2. The van der Waals surface area contributed by atoms with E-state index in [0.29, 0.717) is 6.54 Å². The molecular formula is C16H26N4O. The quantitative estimate of drug-likeness (QED) is 0.781. The van der Waals surface area contributed by atoms with E-state index in [9.17, 15) is 4.79 Å². The van der Waals surface area contributed by atoms with E-state index in [0.717, 1.165) is 45.7 Å². The monoisotopic (exact) mass is 290 g/mol. The third-order valence-electron chi connectivity index (χ3n) is 3.77. The van der Waals surface area contributed by atoms with Gasteiger partial charge in [-0.15, -0.1) is 0 Å². The Labute approximate surface area is 127 Å². The van der Waals surface area contributed by atoms with E-state index in [1.54, 1.807) is 0 Å². The molecule has 0 spiro atoms. The average Bonchev–Trinajstić information content (AvgIpc) is 2.53. The summed E-state index contributed by atoms with van der Waals surface area (Å²) in [4.78, 5) is 16.2. The van der Waals surface area contributed by atoms with Crippen molar-refractivity contribution in [1.82, 2.24) is 15.5 Å². The fourth-order valence-corrected chi connectivity index (χ4v) is 2.60. The molecule has 1 saturated heterocycles. The standard InChI is InChI=1S/C16H26N4O/c1-2-17-16(21)18-9-6-10-19-11-13-20(14-12-19)15-7-4-3-5-8-15/h3-5,7-8H,2,6,9-14H2,1H3,(H2,17,18,21). The van der Waals surface area contributed by atoms with E-state index in [-0.39, 0.29) is 6.03 Å². The fraction of sp³-hybridized carbons (Fsp3) is 0.562. The number of hydrogen-bond acceptors (Lipinski definition) is 3. The molecule has 1 aliphatic heterocycles. The number of hydrogen-bond donors (Lipinski definition) is 2. The van der Waals surface area contributed by atoms with Crippen molar-refractivity contribution in [3.8, 4) is 0 Å². The van der Waals surface area contributed by atoms with Crippen LogP contribution >= 0.6 is 0 Å². The van der Waals surface area contributed by atoms with Gasteiger partial charge in [0.05, 0.1) is 0 Å². The maximum absolute atomic E-state index is 11.3. The van der Waals surface area contributed by atoms with Crippen LogP contribution in [0.25, 0.3) is 0 Å². The molecule has 0 unspecified atom stereocenters. The Morgan fingerprint density at radius 1 is 1.10 bits per heavy atom. The zero-order valence-corrected chi connectivity index (χ0v) is 12.8. The first-order valence-electron chi connectivity index (χ1n) is 7.83. The van der Waals surface area contributed by atoms with Gasteiger partial charge in [-0.2, -0.15) is 0 Å². The first-order valence-corrected chi connectivity index (χ1v) is 7.83. The number of nitrogens with zero attached hydrogens (tertiary/aromatic N) is 2. The zero-order valence-electron chi connectivity index (χ0n) is 12.8. The van der Waals surface area contributed by atoms with E-state index >= 15 is 0 Å². The first-order chi connectivity index (χ1) is 10.3. The number of piperazine rings is 1. The third-order valence-corrected chi connectivity index (χ3v) is 3.77. The minimum absolute atomic E-state index is 0.0635. The predicted octanol–water partition coefficient (Wildman–Crippen LogP) is 1.52. The number of nitrogens with one attached hydrogen (secondary N) is 2. The van der Waals surface area contributed by atoms with Crippen LogP contribution in [0.4, 0.5) is 10.5 Å². The van der Waals surface area contributed by atoms with Gasteiger partial charge < -0.3 is 15.5 Å². The lowest BCUT2D eigenvalue weighted by Crippen LogP contribution is -2.47. The van der Waals surface area contributed by atoms with E-state index in [4.69, 9.17) is 0 Å². The molecule has 5 heteroatoms. The summed E-state index contributed by atoms with van der Waals surface area (Å²) in [5.41, 5.74) is 1.31. The smallest absolute Gasteiger partial charge is 0.314 e. The van der Waals surface area contributed by atoms with Gasteiger partial charge in [-0.05, 0) is 32.0 Å². The Balaban J connectivity index is 1.60. The number of urea groups is 1. The molecule has 2 N–H and O–H groups in total. The third kappa shape index (κ3) is 5.27. The second kappa shape index (κ2) is 8.52. The highest BCUT2D eigenvalue weighted by Gasteiger charge is 2.16. The highest BCUT2D eigenvalue weighted by molar-refractivity contribution is 5.73. The summed E-state index contributed by atoms with van der Waals surface area (Å²) in [5, 5.41) is 5.61. The van der Waals surface area contributed by atoms with Crippen LogP contribution in [0.15, 0.2) is 30.3 Å². The van der Waals surface area contributed by atoms with Crippen LogP contribution in [0.2, 0.25) is 0 Å². The average molecular weight is 290 g/mol. The number of amides is 2. The van der Waals surface area contributed by atoms with Crippen LogP contribution in [0.3, 0.4) is 0 Å². The zero-order chi connectivity index (χ0) is 14.9. The minimum Gasteiger partial charge on any atom is -0.369 e. The summed E-state index contributed by atoms with van der Waals surface area (Å²) in [6.45, 7) is 8.73. The fourth-order valence-electron chi connectivity index (χ4n) is 2.60. The Morgan fingerprint density at radius 3 is 2.48 bits per heavy atom. The van der Waals surface area contributed by atoms with Crippen molar-refractivity contribution in [2.75, 3.05) is 50.7 Å². The van der Waals surface area contributed by atoms with Gasteiger partial charge in [0, 0.05) is 45.0 Å². The van der Waals surface area contributed by atoms with Crippen molar-refractivity contribution < 1.29 is 4.79 Å². The summed E-state index contributed by atoms with van der Waals surface area (Å²) in [6, 6.07) is 10.5. The molecule has 0 aromatic heterocycles. The minimum atomic E-state index is -0.0635.